The predicted octanol–water partition coefficient (Wildman–Crippen LogP) is 3.06. The molecule has 3 aromatic rings. The van der Waals surface area contributed by atoms with Crippen LogP contribution in [0.3, 0.4) is 0 Å². The van der Waals surface area contributed by atoms with Gasteiger partial charge in [-0.15, -0.1) is 11.3 Å². The van der Waals surface area contributed by atoms with Crippen LogP contribution in [0.5, 0.6) is 11.5 Å². The Morgan fingerprint density at radius 1 is 1.23 bits per heavy atom. The standard InChI is InChI=1S/C15H14N2O3S2/c1-17-9-7-10(19-2)11(20-3)8-13(9)22-15(17)16-14(18)12-5-4-6-21-12/h4-8H,1-3H3. The third-order valence-corrected chi connectivity index (χ3v) is 5.20. The van der Waals surface area contributed by atoms with Crippen LogP contribution in [0.1, 0.15) is 9.67 Å². The number of aromatic nitrogens is 1. The number of hydrogen-bond acceptors (Lipinski definition) is 5. The second-order valence-corrected chi connectivity index (χ2v) is 6.47. The fourth-order valence-corrected chi connectivity index (χ4v) is 3.74. The van der Waals surface area contributed by atoms with E-state index in [1.165, 1.54) is 22.7 Å². The summed E-state index contributed by atoms with van der Waals surface area (Å²) in [6.45, 7) is 0. The van der Waals surface area contributed by atoms with Crippen molar-refractivity contribution in [3.8, 4) is 11.5 Å². The van der Waals surface area contributed by atoms with Crippen LogP contribution in [0, 0.1) is 0 Å². The number of fused-ring (bicyclic) bond motifs is 1. The van der Waals surface area contributed by atoms with Gasteiger partial charge < -0.3 is 14.0 Å². The van der Waals surface area contributed by atoms with Gasteiger partial charge in [-0.2, -0.15) is 4.99 Å². The minimum absolute atomic E-state index is 0.226. The molecule has 114 valence electrons. The van der Waals surface area contributed by atoms with Gasteiger partial charge in [0.25, 0.3) is 5.91 Å². The van der Waals surface area contributed by atoms with E-state index in [2.05, 4.69) is 4.99 Å². The second kappa shape index (κ2) is 5.94. The Labute approximate surface area is 135 Å². The topological polar surface area (TPSA) is 52.8 Å². The van der Waals surface area contributed by atoms with E-state index in [0.717, 1.165) is 10.2 Å². The van der Waals surface area contributed by atoms with Crippen molar-refractivity contribution in [2.24, 2.45) is 12.0 Å². The van der Waals surface area contributed by atoms with Crippen molar-refractivity contribution in [3.63, 3.8) is 0 Å². The third kappa shape index (κ3) is 2.53. The molecule has 7 heteroatoms. The summed E-state index contributed by atoms with van der Waals surface area (Å²) >= 11 is 2.83. The molecule has 1 amide bonds. The number of benzene rings is 1. The van der Waals surface area contributed by atoms with E-state index in [-0.39, 0.29) is 5.91 Å². The van der Waals surface area contributed by atoms with Crippen molar-refractivity contribution in [1.29, 1.82) is 0 Å². The monoisotopic (exact) mass is 334 g/mol. The Balaban J connectivity index is 2.15. The van der Waals surface area contributed by atoms with Crippen molar-refractivity contribution in [3.05, 3.63) is 39.3 Å². The van der Waals surface area contributed by atoms with Gasteiger partial charge in [0.1, 0.15) is 0 Å². The molecular formula is C15H14N2O3S2. The van der Waals surface area contributed by atoms with Crippen molar-refractivity contribution < 1.29 is 14.3 Å². The maximum atomic E-state index is 12.1. The average molecular weight is 334 g/mol. The zero-order chi connectivity index (χ0) is 15.7. The molecule has 0 unspecified atom stereocenters. The number of thiazole rings is 1. The number of rotatable bonds is 3. The number of methoxy groups -OCH3 is 2. The van der Waals surface area contributed by atoms with E-state index >= 15 is 0 Å². The Morgan fingerprint density at radius 2 is 1.95 bits per heavy atom. The lowest BCUT2D eigenvalue weighted by atomic mass is 10.3. The molecule has 3 rings (SSSR count). The average Bonchev–Trinajstić information content (AvgIpc) is 3.15. The molecule has 0 aliphatic rings. The Morgan fingerprint density at radius 3 is 2.59 bits per heavy atom. The van der Waals surface area contributed by atoms with Crippen LogP contribution in [0.25, 0.3) is 10.2 Å². The summed E-state index contributed by atoms with van der Waals surface area (Å²) in [5.74, 6) is 1.09. The number of nitrogens with zero attached hydrogens (tertiary/aromatic N) is 2. The fraction of sp³-hybridized carbons (Fsp3) is 0.200. The number of carbonyl (C=O) groups is 1. The van der Waals surface area contributed by atoms with Crippen LogP contribution >= 0.6 is 22.7 Å². The minimum atomic E-state index is -0.226. The molecule has 0 aliphatic heterocycles. The third-order valence-electron chi connectivity index (χ3n) is 3.24. The molecule has 2 aromatic heterocycles. The summed E-state index contributed by atoms with van der Waals surface area (Å²) in [6, 6.07) is 7.40. The highest BCUT2D eigenvalue weighted by Gasteiger charge is 2.12. The van der Waals surface area contributed by atoms with Crippen molar-refractivity contribution >= 4 is 38.8 Å². The van der Waals surface area contributed by atoms with Crippen molar-refractivity contribution in [2.75, 3.05) is 14.2 Å². The van der Waals surface area contributed by atoms with Gasteiger partial charge in [-0.1, -0.05) is 17.4 Å². The first kappa shape index (κ1) is 14.8. The highest BCUT2D eigenvalue weighted by Crippen LogP contribution is 2.33. The first-order valence-corrected chi connectivity index (χ1v) is 8.17. The van der Waals surface area contributed by atoms with Crippen LogP contribution in [-0.4, -0.2) is 24.7 Å². The van der Waals surface area contributed by atoms with Crippen molar-refractivity contribution in [2.45, 2.75) is 0 Å². The number of aryl methyl sites for hydroxylation is 1. The molecule has 0 saturated carbocycles. The normalized spacial score (nSPS) is 11.9. The zero-order valence-electron chi connectivity index (χ0n) is 12.3. The fourth-order valence-electron chi connectivity index (χ4n) is 2.10. The smallest absolute Gasteiger partial charge is 0.289 e. The molecule has 1 aromatic carbocycles. The summed E-state index contributed by atoms with van der Waals surface area (Å²) in [7, 11) is 5.08. The van der Waals surface area contributed by atoms with Crippen molar-refractivity contribution in [1.82, 2.24) is 4.57 Å². The molecule has 5 nitrogen and oxygen atoms in total. The molecule has 0 saturated heterocycles. The molecule has 0 radical (unpaired) electrons. The van der Waals surface area contributed by atoms with Gasteiger partial charge in [0, 0.05) is 19.2 Å². The number of thiophene rings is 1. The first-order chi connectivity index (χ1) is 10.6. The Bertz CT molecular complexity index is 892. The number of carbonyl (C=O) groups excluding carboxylic acids is 1. The van der Waals surface area contributed by atoms with E-state index in [9.17, 15) is 4.79 Å². The van der Waals surface area contributed by atoms with Crippen LogP contribution in [0.15, 0.2) is 34.6 Å². The van der Waals surface area contributed by atoms with Gasteiger partial charge in [0.15, 0.2) is 16.3 Å². The van der Waals surface area contributed by atoms with Gasteiger partial charge in [-0.3, -0.25) is 4.79 Å². The lowest BCUT2D eigenvalue weighted by molar-refractivity contribution is 0.100. The van der Waals surface area contributed by atoms with E-state index in [0.29, 0.717) is 21.2 Å². The first-order valence-electron chi connectivity index (χ1n) is 6.48. The molecule has 0 fully saturated rings. The number of ether oxygens (including phenoxy) is 2. The minimum Gasteiger partial charge on any atom is -0.493 e. The predicted molar refractivity (Wildman–Crippen MR) is 88.1 cm³/mol. The SMILES string of the molecule is COc1cc2sc(=NC(=O)c3cccs3)n(C)c2cc1OC. The maximum Gasteiger partial charge on any atom is 0.289 e. The summed E-state index contributed by atoms with van der Waals surface area (Å²) in [6.07, 6.45) is 0. The molecule has 0 bridgehead atoms. The lowest BCUT2D eigenvalue weighted by Crippen LogP contribution is -2.12. The number of amides is 1. The Kier molecular flexibility index (Phi) is 4.00. The van der Waals surface area contributed by atoms with Crippen LogP contribution in [-0.2, 0) is 7.05 Å². The molecule has 0 spiro atoms. The van der Waals surface area contributed by atoms with Gasteiger partial charge in [0.05, 0.1) is 29.3 Å². The summed E-state index contributed by atoms with van der Waals surface area (Å²) < 4.78 is 13.5. The van der Waals surface area contributed by atoms with Gasteiger partial charge >= 0.3 is 0 Å². The molecule has 22 heavy (non-hydrogen) atoms. The summed E-state index contributed by atoms with van der Waals surface area (Å²) in [5, 5.41) is 1.86. The zero-order valence-corrected chi connectivity index (χ0v) is 14.0. The highest BCUT2D eigenvalue weighted by molar-refractivity contribution is 7.16. The van der Waals surface area contributed by atoms with Crippen LogP contribution < -0.4 is 14.3 Å². The number of hydrogen-bond donors (Lipinski definition) is 0. The van der Waals surface area contributed by atoms with Gasteiger partial charge in [-0.05, 0) is 11.4 Å². The quantitative estimate of drug-likeness (QED) is 0.740. The molecule has 2 heterocycles. The van der Waals surface area contributed by atoms with E-state index in [1.54, 1.807) is 20.3 Å². The van der Waals surface area contributed by atoms with Gasteiger partial charge in [0.2, 0.25) is 0 Å². The molecular weight excluding hydrogens is 320 g/mol. The van der Waals surface area contributed by atoms with E-state index in [4.69, 9.17) is 9.47 Å². The largest absolute Gasteiger partial charge is 0.493 e. The lowest BCUT2D eigenvalue weighted by Gasteiger charge is -2.07. The second-order valence-electron chi connectivity index (χ2n) is 4.51. The van der Waals surface area contributed by atoms with Gasteiger partial charge in [-0.25, -0.2) is 0 Å². The summed E-state index contributed by atoms with van der Waals surface area (Å²) in [4.78, 5) is 17.6. The highest BCUT2D eigenvalue weighted by atomic mass is 32.1. The van der Waals surface area contributed by atoms with E-state index < -0.39 is 0 Å². The molecule has 0 aliphatic carbocycles. The maximum absolute atomic E-state index is 12.1. The molecule has 0 atom stereocenters. The Hall–Kier alpha value is -2.12. The van der Waals surface area contributed by atoms with Crippen LogP contribution in [0.2, 0.25) is 0 Å². The van der Waals surface area contributed by atoms with Crippen LogP contribution in [0.4, 0.5) is 0 Å². The molecule has 0 N–H and O–H groups in total. The van der Waals surface area contributed by atoms with E-state index in [1.807, 2.05) is 35.2 Å². The summed E-state index contributed by atoms with van der Waals surface area (Å²) in [5.41, 5.74) is 0.945.